The number of carbonyl (C=O) groups excluding carboxylic acids is 1. The summed E-state index contributed by atoms with van der Waals surface area (Å²) < 4.78 is 69.2. The third-order valence-corrected chi connectivity index (χ3v) is 7.55. The average Bonchev–Trinajstić information content (AvgIpc) is 2.75. The van der Waals surface area contributed by atoms with E-state index < -0.39 is 50.1 Å². The molecule has 172 valence electrons. The van der Waals surface area contributed by atoms with E-state index >= 15 is 0 Å². The van der Waals surface area contributed by atoms with Gasteiger partial charge < -0.3 is 10.0 Å². The van der Waals surface area contributed by atoms with Gasteiger partial charge in [-0.05, 0) is 66.6 Å². The van der Waals surface area contributed by atoms with Crippen LogP contribution >= 0.6 is 0 Å². The molecule has 1 atom stereocenters. The highest BCUT2D eigenvalue weighted by Gasteiger charge is 2.36. The highest BCUT2D eigenvalue weighted by molar-refractivity contribution is 7.92. The molecule has 0 spiro atoms. The number of aliphatic hydroxyl groups is 1. The number of hydrogen-bond acceptors (Lipinski definition) is 5. The molecule has 1 aliphatic heterocycles. The van der Waals surface area contributed by atoms with Crippen molar-refractivity contribution in [1.82, 2.24) is 9.88 Å². The zero-order chi connectivity index (χ0) is 23.9. The molecule has 0 aliphatic carbocycles. The molecule has 2 heterocycles. The van der Waals surface area contributed by atoms with Gasteiger partial charge in [0, 0.05) is 24.8 Å². The highest BCUT2D eigenvalue weighted by Crippen LogP contribution is 2.38. The van der Waals surface area contributed by atoms with Crippen molar-refractivity contribution in [2.45, 2.75) is 23.2 Å². The summed E-state index contributed by atoms with van der Waals surface area (Å²) in [5, 5.41) is 7.71. The van der Waals surface area contributed by atoms with Gasteiger partial charge in [0.1, 0.15) is 28.4 Å². The van der Waals surface area contributed by atoms with Crippen LogP contribution in [0.4, 0.5) is 13.2 Å². The maximum Gasteiger partial charge on any atom is 0.272 e. The summed E-state index contributed by atoms with van der Waals surface area (Å²) in [6, 6.07) is 7.87. The van der Waals surface area contributed by atoms with Crippen LogP contribution in [0.3, 0.4) is 0 Å². The van der Waals surface area contributed by atoms with Gasteiger partial charge in [-0.25, -0.2) is 21.6 Å². The van der Waals surface area contributed by atoms with Crippen LogP contribution in [-0.4, -0.2) is 48.5 Å². The Morgan fingerprint density at radius 1 is 1.03 bits per heavy atom. The molecule has 2 aromatic carbocycles. The van der Waals surface area contributed by atoms with Gasteiger partial charge in [0.2, 0.25) is 0 Å². The van der Waals surface area contributed by atoms with Crippen LogP contribution < -0.4 is 0 Å². The molecule has 10 heteroatoms. The summed E-state index contributed by atoms with van der Waals surface area (Å²) in [5.74, 6) is -2.87. The Labute approximate surface area is 188 Å². The number of β-amino-alcohol motifs (C(OH)–C–C–N with tert-alkyl or cyclic N) is 1. The van der Waals surface area contributed by atoms with Gasteiger partial charge in [0.15, 0.2) is 9.84 Å². The number of benzene rings is 2. The number of aromatic nitrogens is 1. The van der Waals surface area contributed by atoms with Crippen LogP contribution in [0.25, 0.3) is 0 Å². The Hall–Kier alpha value is -3.24. The number of halogens is 3. The molecule has 1 fully saturated rings. The molecule has 0 bridgehead atoms. The fourth-order valence-corrected chi connectivity index (χ4v) is 5.60. The van der Waals surface area contributed by atoms with Crippen LogP contribution in [0.15, 0.2) is 59.6 Å². The number of sulfone groups is 1. The summed E-state index contributed by atoms with van der Waals surface area (Å²) in [6.45, 7) is 1.86. The summed E-state index contributed by atoms with van der Waals surface area (Å²) in [7, 11) is -4.38. The van der Waals surface area contributed by atoms with E-state index in [0.717, 1.165) is 48.7 Å². The van der Waals surface area contributed by atoms with Gasteiger partial charge in [0.25, 0.3) is 5.91 Å². The van der Waals surface area contributed by atoms with E-state index in [4.69, 9.17) is 0 Å². The van der Waals surface area contributed by atoms with Gasteiger partial charge in [-0.1, -0.05) is 0 Å². The molecule has 33 heavy (non-hydrogen) atoms. The van der Waals surface area contributed by atoms with E-state index in [1.54, 1.807) is 0 Å². The molecule has 1 saturated heterocycles. The number of pyridine rings is 1. The van der Waals surface area contributed by atoms with Crippen molar-refractivity contribution in [3.8, 4) is 0 Å². The largest absolute Gasteiger partial charge is 0.389 e. The number of aliphatic hydroxyl groups excluding tert-OH is 1. The number of amides is 1. The maximum atomic E-state index is 14.8. The SMILES string of the molecule is Cc1cc(C(=O)N2CC(O)C2)ncc1C(c1cc(F)ccc1F)S(=O)(=O)c1ccc(F)cc1. The van der Waals surface area contributed by atoms with Crippen molar-refractivity contribution < 1.29 is 31.5 Å². The molecule has 4 rings (SSSR count). The number of hydrogen-bond donors (Lipinski definition) is 1. The van der Waals surface area contributed by atoms with Crippen molar-refractivity contribution in [3.05, 3.63) is 94.6 Å². The minimum atomic E-state index is -4.38. The molecule has 0 radical (unpaired) electrons. The van der Waals surface area contributed by atoms with Crippen LogP contribution in [0.1, 0.15) is 32.4 Å². The molecule has 1 amide bonds. The van der Waals surface area contributed by atoms with Gasteiger partial charge in [-0.3, -0.25) is 9.78 Å². The van der Waals surface area contributed by atoms with Gasteiger partial charge in [-0.2, -0.15) is 0 Å². The zero-order valence-corrected chi connectivity index (χ0v) is 18.2. The Balaban J connectivity index is 1.84. The molecule has 0 saturated carbocycles. The minimum absolute atomic E-state index is 0.0285. The first-order valence-electron chi connectivity index (χ1n) is 9.96. The lowest BCUT2D eigenvalue weighted by Gasteiger charge is -2.35. The van der Waals surface area contributed by atoms with E-state index in [2.05, 4.69) is 4.98 Å². The van der Waals surface area contributed by atoms with Gasteiger partial charge in [0.05, 0.1) is 11.0 Å². The third-order valence-electron chi connectivity index (χ3n) is 5.50. The zero-order valence-electron chi connectivity index (χ0n) is 17.4. The first-order valence-corrected chi connectivity index (χ1v) is 11.5. The lowest BCUT2D eigenvalue weighted by Crippen LogP contribution is -2.53. The second-order valence-corrected chi connectivity index (χ2v) is 9.87. The first-order chi connectivity index (χ1) is 15.6. The van der Waals surface area contributed by atoms with Crippen molar-refractivity contribution in [3.63, 3.8) is 0 Å². The molecule has 3 aromatic rings. The first kappa shape index (κ1) is 22.9. The standard InChI is InChI=1S/C23H19F3N2O4S/c1-13-8-21(23(30)28-11-16(29)12-28)27-10-19(13)22(18-9-15(25)4-7-20(18)26)33(31,32)17-5-2-14(24)3-6-17/h2-10,16,22,29H,11-12H2,1H3. The second-order valence-electron chi connectivity index (χ2n) is 7.83. The fourth-order valence-electron chi connectivity index (χ4n) is 3.72. The van der Waals surface area contributed by atoms with Crippen molar-refractivity contribution in [2.24, 2.45) is 0 Å². The second kappa shape index (κ2) is 8.60. The van der Waals surface area contributed by atoms with Crippen molar-refractivity contribution >= 4 is 15.7 Å². The van der Waals surface area contributed by atoms with Crippen LogP contribution in [-0.2, 0) is 9.84 Å². The Morgan fingerprint density at radius 2 is 1.67 bits per heavy atom. The van der Waals surface area contributed by atoms with Crippen LogP contribution in [0.2, 0.25) is 0 Å². The number of likely N-dealkylation sites (tertiary alicyclic amines) is 1. The molecule has 1 aromatic heterocycles. The lowest BCUT2D eigenvalue weighted by molar-refractivity contribution is 0.00550. The highest BCUT2D eigenvalue weighted by atomic mass is 32.2. The minimum Gasteiger partial charge on any atom is -0.389 e. The predicted octanol–water partition coefficient (Wildman–Crippen LogP) is 3.19. The molecule has 6 nitrogen and oxygen atoms in total. The molecule has 1 N–H and O–H groups in total. The number of aryl methyl sites for hydroxylation is 1. The summed E-state index contributed by atoms with van der Waals surface area (Å²) in [4.78, 5) is 17.7. The molecule has 1 aliphatic rings. The number of carbonyl (C=O) groups is 1. The van der Waals surface area contributed by atoms with Crippen LogP contribution in [0, 0.1) is 24.4 Å². The third kappa shape index (κ3) is 4.36. The normalized spacial score (nSPS) is 15.2. The quantitative estimate of drug-likeness (QED) is 0.572. The molecular weight excluding hydrogens is 457 g/mol. The topological polar surface area (TPSA) is 87.6 Å². The maximum absolute atomic E-state index is 14.8. The molecular formula is C23H19F3N2O4S. The van der Waals surface area contributed by atoms with Gasteiger partial charge >= 0.3 is 0 Å². The summed E-state index contributed by atoms with van der Waals surface area (Å²) >= 11 is 0. The Bertz CT molecular complexity index is 1320. The van der Waals surface area contributed by atoms with Crippen molar-refractivity contribution in [1.29, 1.82) is 0 Å². The average molecular weight is 476 g/mol. The smallest absolute Gasteiger partial charge is 0.272 e. The molecule has 1 unspecified atom stereocenters. The van der Waals surface area contributed by atoms with E-state index in [9.17, 15) is 31.5 Å². The van der Waals surface area contributed by atoms with Crippen molar-refractivity contribution in [2.75, 3.05) is 13.1 Å². The Morgan fingerprint density at radius 3 is 2.27 bits per heavy atom. The van der Waals surface area contributed by atoms with E-state index in [-0.39, 0.29) is 29.2 Å². The van der Waals surface area contributed by atoms with Crippen LogP contribution in [0.5, 0.6) is 0 Å². The van der Waals surface area contributed by atoms with E-state index in [1.165, 1.54) is 17.9 Å². The Kier molecular flexibility index (Phi) is 5.98. The monoisotopic (exact) mass is 476 g/mol. The fraction of sp³-hybridized carbons (Fsp3) is 0.217. The number of nitrogens with zero attached hydrogens (tertiary/aromatic N) is 2. The predicted molar refractivity (Wildman–Crippen MR) is 113 cm³/mol. The lowest BCUT2D eigenvalue weighted by atomic mass is 10.00. The van der Waals surface area contributed by atoms with E-state index in [0.29, 0.717) is 5.56 Å². The number of rotatable bonds is 5. The summed E-state index contributed by atoms with van der Waals surface area (Å²) in [6.07, 6.45) is 0.546. The van der Waals surface area contributed by atoms with E-state index in [1.807, 2.05) is 0 Å². The van der Waals surface area contributed by atoms with Gasteiger partial charge in [-0.15, -0.1) is 0 Å². The summed E-state index contributed by atoms with van der Waals surface area (Å²) in [5.41, 5.74) is -0.0484.